The van der Waals surface area contributed by atoms with Crippen molar-refractivity contribution in [3.8, 4) is 0 Å². The van der Waals surface area contributed by atoms with Crippen LogP contribution >= 0.6 is 0 Å². The van der Waals surface area contributed by atoms with Gasteiger partial charge in [0, 0.05) is 32.3 Å². The molecule has 6 nitrogen and oxygen atoms in total. The summed E-state index contributed by atoms with van der Waals surface area (Å²) in [5, 5.41) is 2.88. The molecule has 1 saturated heterocycles. The molecule has 1 aliphatic rings. The van der Waals surface area contributed by atoms with E-state index in [1.807, 2.05) is 24.3 Å². The minimum atomic E-state index is -3.63. The van der Waals surface area contributed by atoms with Gasteiger partial charge in [0.15, 0.2) is 0 Å². The van der Waals surface area contributed by atoms with Gasteiger partial charge in [-0.25, -0.2) is 8.42 Å². The van der Waals surface area contributed by atoms with Crippen molar-refractivity contribution in [2.24, 2.45) is 11.8 Å². The SMILES string of the molecule is COCc1ccccc1CNC(=O)c1cccc(S(=O)(=O)N2CC(C)CC(C)C2)c1. The van der Waals surface area contributed by atoms with Gasteiger partial charge in [0.2, 0.25) is 10.0 Å². The second-order valence-corrected chi connectivity index (χ2v) is 10.1. The summed E-state index contributed by atoms with van der Waals surface area (Å²) in [7, 11) is -2.00. The molecule has 1 aliphatic heterocycles. The van der Waals surface area contributed by atoms with E-state index in [0.717, 1.165) is 17.5 Å². The van der Waals surface area contributed by atoms with Crippen molar-refractivity contribution in [1.82, 2.24) is 9.62 Å². The summed E-state index contributed by atoms with van der Waals surface area (Å²) in [6, 6.07) is 14.0. The zero-order chi connectivity index (χ0) is 21.7. The number of hydrogen-bond acceptors (Lipinski definition) is 4. The number of nitrogens with one attached hydrogen (secondary N) is 1. The normalized spacial score (nSPS) is 20.1. The van der Waals surface area contributed by atoms with E-state index >= 15 is 0 Å². The van der Waals surface area contributed by atoms with Crippen LogP contribution in [-0.2, 0) is 27.9 Å². The second kappa shape index (κ2) is 9.73. The summed E-state index contributed by atoms with van der Waals surface area (Å²) >= 11 is 0. The highest BCUT2D eigenvalue weighted by atomic mass is 32.2. The molecule has 1 amide bonds. The molecule has 2 unspecified atom stereocenters. The van der Waals surface area contributed by atoms with E-state index in [4.69, 9.17) is 4.74 Å². The van der Waals surface area contributed by atoms with Crippen LogP contribution in [0.25, 0.3) is 0 Å². The van der Waals surface area contributed by atoms with Crippen molar-refractivity contribution < 1.29 is 17.9 Å². The predicted molar refractivity (Wildman–Crippen MR) is 116 cm³/mol. The van der Waals surface area contributed by atoms with E-state index in [9.17, 15) is 13.2 Å². The number of benzene rings is 2. The van der Waals surface area contributed by atoms with Crippen molar-refractivity contribution >= 4 is 15.9 Å². The van der Waals surface area contributed by atoms with Gasteiger partial charge in [0.05, 0.1) is 11.5 Å². The van der Waals surface area contributed by atoms with Gasteiger partial charge in [-0.15, -0.1) is 0 Å². The van der Waals surface area contributed by atoms with Gasteiger partial charge in [0.1, 0.15) is 0 Å². The molecule has 0 spiro atoms. The fraction of sp³-hybridized carbons (Fsp3) is 0.435. The molecule has 0 radical (unpaired) electrons. The number of sulfonamides is 1. The number of nitrogens with zero attached hydrogens (tertiary/aromatic N) is 1. The Morgan fingerprint density at radius 1 is 1.07 bits per heavy atom. The third-order valence-corrected chi connectivity index (χ3v) is 7.25. The Hall–Kier alpha value is -2.22. The molecular weight excluding hydrogens is 400 g/mol. The Balaban J connectivity index is 1.74. The number of ether oxygens (including phenoxy) is 1. The van der Waals surface area contributed by atoms with Gasteiger partial charge in [-0.2, -0.15) is 4.31 Å². The van der Waals surface area contributed by atoms with E-state index in [-0.39, 0.29) is 10.8 Å². The van der Waals surface area contributed by atoms with Crippen molar-refractivity contribution in [2.45, 2.75) is 38.3 Å². The average molecular weight is 431 g/mol. The van der Waals surface area contributed by atoms with E-state index in [1.54, 1.807) is 29.6 Å². The van der Waals surface area contributed by atoms with Crippen LogP contribution in [0.15, 0.2) is 53.4 Å². The largest absolute Gasteiger partial charge is 0.380 e. The van der Waals surface area contributed by atoms with Gasteiger partial charge < -0.3 is 10.1 Å². The Labute approximate surface area is 179 Å². The molecule has 30 heavy (non-hydrogen) atoms. The maximum atomic E-state index is 13.1. The number of carbonyl (C=O) groups is 1. The fourth-order valence-corrected chi connectivity index (χ4v) is 5.78. The fourth-order valence-electron chi connectivity index (χ4n) is 4.05. The summed E-state index contributed by atoms with van der Waals surface area (Å²) < 4.78 is 33.0. The van der Waals surface area contributed by atoms with Crippen molar-refractivity contribution in [2.75, 3.05) is 20.2 Å². The molecule has 162 valence electrons. The first-order valence-electron chi connectivity index (χ1n) is 10.3. The average Bonchev–Trinajstić information content (AvgIpc) is 2.72. The van der Waals surface area contributed by atoms with Crippen molar-refractivity contribution in [3.05, 3.63) is 65.2 Å². The highest BCUT2D eigenvalue weighted by molar-refractivity contribution is 7.89. The third-order valence-electron chi connectivity index (χ3n) is 5.43. The van der Waals surface area contributed by atoms with Crippen LogP contribution < -0.4 is 5.32 Å². The molecule has 0 aromatic heterocycles. The molecule has 0 bridgehead atoms. The maximum absolute atomic E-state index is 13.1. The first kappa shape index (κ1) is 22.5. The van der Waals surface area contributed by atoms with E-state index in [2.05, 4.69) is 19.2 Å². The quantitative estimate of drug-likeness (QED) is 0.730. The van der Waals surface area contributed by atoms with Crippen LogP contribution in [0.5, 0.6) is 0 Å². The summed E-state index contributed by atoms with van der Waals surface area (Å²) in [6.07, 6.45) is 1.03. The van der Waals surface area contributed by atoms with E-state index in [0.29, 0.717) is 43.6 Å². The van der Waals surface area contributed by atoms with Crippen LogP contribution in [0.2, 0.25) is 0 Å². The molecule has 1 fully saturated rings. The second-order valence-electron chi connectivity index (χ2n) is 8.18. The van der Waals surface area contributed by atoms with Crippen molar-refractivity contribution in [3.63, 3.8) is 0 Å². The molecule has 1 heterocycles. The van der Waals surface area contributed by atoms with Gasteiger partial charge in [-0.3, -0.25) is 4.79 Å². The van der Waals surface area contributed by atoms with Crippen LogP contribution in [0.4, 0.5) is 0 Å². The Morgan fingerprint density at radius 3 is 2.40 bits per heavy atom. The number of methoxy groups -OCH3 is 1. The van der Waals surface area contributed by atoms with E-state index < -0.39 is 10.0 Å². The smallest absolute Gasteiger partial charge is 0.251 e. The standard InChI is InChI=1S/C23H30N2O4S/c1-17-11-18(2)15-25(14-17)30(27,28)22-10-6-9-19(12-22)23(26)24-13-20-7-4-5-8-21(20)16-29-3/h4-10,12,17-18H,11,13-16H2,1-3H3,(H,24,26). The molecule has 7 heteroatoms. The minimum Gasteiger partial charge on any atom is -0.380 e. The molecule has 0 saturated carbocycles. The molecule has 1 N–H and O–H groups in total. The highest BCUT2D eigenvalue weighted by Gasteiger charge is 2.31. The maximum Gasteiger partial charge on any atom is 0.251 e. The van der Waals surface area contributed by atoms with Gasteiger partial charge in [0.25, 0.3) is 5.91 Å². The summed E-state index contributed by atoms with van der Waals surface area (Å²) in [6.45, 7) is 5.98. The predicted octanol–water partition coefficient (Wildman–Crippen LogP) is 3.43. The van der Waals surface area contributed by atoms with Gasteiger partial charge >= 0.3 is 0 Å². The summed E-state index contributed by atoms with van der Waals surface area (Å²) in [5.74, 6) is 0.337. The lowest BCUT2D eigenvalue weighted by molar-refractivity contribution is 0.0950. The molecule has 2 aromatic rings. The Bertz CT molecular complexity index is 980. The number of carbonyl (C=O) groups excluding carboxylic acids is 1. The van der Waals surface area contributed by atoms with Gasteiger partial charge in [-0.1, -0.05) is 44.2 Å². The first-order valence-corrected chi connectivity index (χ1v) is 11.7. The Morgan fingerprint density at radius 2 is 1.73 bits per heavy atom. The number of piperidine rings is 1. The lowest BCUT2D eigenvalue weighted by atomic mass is 9.94. The zero-order valence-corrected chi connectivity index (χ0v) is 18.6. The number of hydrogen-bond donors (Lipinski definition) is 1. The van der Waals surface area contributed by atoms with Crippen LogP contribution in [0.1, 0.15) is 41.8 Å². The van der Waals surface area contributed by atoms with Crippen LogP contribution in [0, 0.1) is 11.8 Å². The van der Waals surface area contributed by atoms with Crippen molar-refractivity contribution in [1.29, 1.82) is 0 Å². The van der Waals surface area contributed by atoms with Gasteiger partial charge in [-0.05, 0) is 47.6 Å². The molecule has 0 aliphatic carbocycles. The molecular formula is C23H30N2O4S. The lowest BCUT2D eigenvalue weighted by Gasteiger charge is -2.34. The Kier molecular flexibility index (Phi) is 7.28. The number of amides is 1. The minimum absolute atomic E-state index is 0.163. The number of rotatable bonds is 7. The molecule has 2 aromatic carbocycles. The molecule has 2 atom stereocenters. The summed E-state index contributed by atoms with van der Waals surface area (Å²) in [4.78, 5) is 12.9. The highest BCUT2D eigenvalue weighted by Crippen LogP contribution is 2.27. The van der Waals surface area contributed by atoms with Crippen LogP contribution in [0.3, 0.4) is 0 Å². The third kappa shape index (κ3) is 5.28. The summed E-state index contributed by atoms with van der Waals surface area (Å²) in [5.41, 5.74) is 2.30. The lowest BCUT2D eigenvalue weighted by Crippen LogP contribution is -2.42. The van der Waals surface area contributed by atoms with E-state index in [1.165, 1.54) is 6.07 Å². The monoisotopic (exact) mass is 430 g/mol. The zero-order valence-electron chi connectivity index (χ0n) is 17.8. The topological polar surface area (TPSA) is 75.7 Å². The van der Waals surface area contributed by atoms with Crippen LogP contribution in [-0.4, -0.2) is 38.8 Å². The first-order chi connectivity index (χ1) is 14.3. The molecule has 3 rings (SSSR count).